The lowest BCUT2D eigenvalue weighted by Crippen LogP contribution is -2.28. The Kier molecular flexibility index (Phi) is 4.46. The minimum atomic E-state index is -3.50. The minimum absolute atomic E-state index is 0.183. The van der Waals surface area contributed by atoms with E-state index in [0.29, 0.717) is 5.56 Å². The third-order valence-electron chi connectivity index (χ3n) is 2.81. The molecule has 0 unspecified atom stereocenters. The summed E-state index contributed by atoms with van der Waals surface area (Å²) in [5, 5.41) is 0. The predicted molar refractivity (Wildman–Crippen MR) is 74.8 cm³/mol. The summed E-state index contributed by atoms with van der Waals surface area (Å²) in [6, 6.07) is 8.60. The molecule has 2 rings (SSSR count). The maximum Gasteiger partial charge on any atom is 0.216 e. The summed E-state index contributed by atoms with van der Waals surface area (Å²) in [6.45, 7) is 1.75. The van der Waals surface area contributed by atoms with Gasteiger partial charge in [-0.25, -0.2) is 17.5 Å². The molecule has 0 amide bonds. The van der Waals surface area contributed by atoms with Gasteiger partial charge in [-0.2, -0.15) is 0 Å². The molecule has 6 heteroatoms. The topological polar surface area (TPSA) is 59.1 Å². The van der Waals surface area contributed by atoms with Crippen LogP contribution in [0.5, 0.6) is 0 Å². The number of aromatic nitrogens is 1. The molecular formula is C14H15FN2O2S. The first-order valence-corrected chi connectivity index (χ1v) is 7.76. The number of pyridine rings is 1. The van der Waals surface area contributed by atoms with E-state index in [4.69, 9.17) is 0 Å². The molecule has 0 aliphatic carbocycles. The van der Waals surface area contributed by atoms with Crippen molar-refractivity contribution >= 4 is 10.0 Å². The normalized spacial score (nSPS) is 13.1. The summed E-state index contributed by atoms with van der Waals surface area (Å²) in [5.74, 6) is -0.569. The SMILES string of the molecule is C[C@@H](NS(=O)(=O)Cc1ccc(F)cc1)c1cccnc1. The molecular weight excluding hydrogens is 279 g/mol. The van der Waals surface area contributed by atoms with E-state index in [1.54, 1.807) is 31.5 Å². The summed E-state index contributed by atoms with van der Waals surface area (Å²) in [7, 11) is -3.50. The van der Waals surface area contributed by atoms with Crippen LogP contribution >= 0.6 is 0 Å². The summed E-state index contributed by atoms with van der Waals surface area (Å²) in [4.78, 5) is 3.95. The van der Waals surface area contributed by atoms with Crippen LogP contribution in [0.3, 0.4) is 0 Å². The second-order valence-corrected chi connectivity index (χ2v) is 6.27. The lowest BCUT2D eigenvalue weighted by molar-refractivity contribution is 0.565. The van der Waals surface area contributed by atoms with E-state index in [0.717, 1.165) is 5.56 Å². The molecule has 2 aromatic rings. The molecule has 20 heavy (non-hydrogen) atoms. The first-order valence-electron chi connectivity index (χ1n) is 6.11. The molecule has 0 saturated carbocycles. The molecule has 1 aromatic carbocycles. The van der Waals surface area contributed by atoms with Gasteiger partial charge >= 0.3 is 0 Å². The molecule has 4 nitrogen and oxygen atoms in total. The molecule has 1 aromatic heterocycles. The van der Waals surface area contributed by atoms with Gasteiger partial charge in [-0.05, 0) is 36.2 Å². The Hall–Kier alpha value is -1.79. The smallest absolute Gasteiger partial charge is 0.216 e. The number of nitrogens with zero attached hydrogens (tertiary/aromatic N) is 1. The van der Waals surface area contributed by atoms with E-state index in [2.05, 4.69) is 9.71 Å². The Bertz CT molecular complexity index is 657. The molecule has 0 fully saturated rings. The Morgan fingerprint density at radius 3 is 2.55 bits per heavy atom. The van der Waals surface area contributed by atoms with Crippen LogP contribution in [0.1, 0.15) is 24.1 Å². The summed E-state index contributed by atoms with van der Waals surface area (Å²) >= 11 is 0. The van der Waals surface area contributed by atoms with Gasteiger partial charge < -0.3 is 0 Å². The standard InChI is InChI=1S/C14H15FN2O2S/c1-11(13-3-2-8-16-9-13)17-20(18,19)10-12-4-6-14(15)7-5-12/h2-9,11,17H,10H2,1H3/t11-/m1/s1. The Labute approximate surface area is 117 Å². The highest BCUT2D eigenvalue weighted by atomic mass is 32.2. The summed E-state index contributed by atoms with van der Waals surface area (Å²) in [5.41, 5.74) is 1.33. The van der Waals surface area contributed by atoms with E-state index in [9.17, 15) is 12.8 Å². The lowest BCUT2D eigenvalue weighted by Gasteiger charge is -2.14. The Morgan fingerprint density at radius 2 is 1.95 bits per heavy atom. The van der Waals surface area contributed by atoms with Crippen LogP contribution in [0.2, 0.25) is 0 Å². The maximum absolute atomic E-state index is 12.8. The van der Waals surface area contributed by atoms with Crippen LogP contribution in [0.25, 0.3) is 0 Å². The van der Waals surface area contributed by atoms with Gasteiger partial charge in [0.05, 0.1) is 5.75 Å². The molecule has 1 heterocycles. The van der Waals surface area contributed by atoms with Crippen molar-refractivity contribution in [1.29, 1.82) is 0 Å². The molecule has 0 spiro atoms. The molecule has 0 bridgehead atoms. The number of rotatable bonds is 5. The van der Waals surface area contributed by atoms with Gasteiger partial charge in [0.1, 0.15) is 5.82 Å². The zero-order valence-corrected chi connectivity index (χ0v) is 11.8. The fourth-order valence-electron chi connectivity index (χ4n) is 1.81. The molecule has 1 atom stereocenters. The average Bonchev–Trinajstić information content (AvgIpc) is 2.41. The van der Waals surface area contributed by atoms with Gasteiger partial charge in [0.2, 0.25) is 10.0 Å². The highest BCUT2D eigenvalue weighted by molar-refractivity contribution is 7.88. The van der Waals surface area contributed by atoms with Crippen molar-refractivity contribution in [2.45, 2.75) is 18.7 Å². The molecule has 0 aliphatic heterocycles. The van der Waals surface area contributed by atoms with E-state index >= 15 is 0 Å². The lowest BCUT2D eigenvalue weighted by atomic mass is 10.2. The zero-order chi connectivity index (χ0) is 14.6. The van der Waals surface area contributed by atoms with Crippen molar-refractivity contribution in [2.75, 3.05) is 0 Å². The Morgan fingerprint density at radius 1 is 1.25 bits per heavy atom. The highest BCUT2D eigenvalue weighted by Crippen LogP contribution is 2.13. The number of benzene rings is 1. The van der Waals surface area contributed by atoms with Crippen molar-refractivity contribution in [3.63, 3.8) is 0 Å². The van der Waals surface area contributed by atoms with Crippen molar-refractivity contribution in [3.8, 4) is 0 Å². The van der Waals surface area contributed by atoms with Crippen LogP contribution in [0.15, 0.2) is 48.8 Å². The van der Waals surface area contributed by atoms with E-state index < -0.39 is 10.0 Å². The van der Waals surface area contributed by atoms with Crippen LogP contribution in [0.4, 0.5) is 4.39 Å². The third kappa shape index (κ3) is 4.11. The monoisotopic (exact) mass is 294 g/mol. The fourth-order valence-corrected chi connectivity index (χ4v) is 3.20. The first-order chi connectivity index (χ1) is 9.46. The van der Waals surface area contributed by atoms with Crippen LogP contribution in [0, 0.1) is 5.82 Å². The summed E-state index contributed by atoms with van der Waals surface area (Å²) in [6.07, 6.45) is 3.24. The van der Waals surface area contributed by atoms with Gasteiger partial charge in [0.25, 0.3) is 0 Å². The number of halogens is 1. The maximum atomic E-state index is 12.8. The van der Waals surface area contributed by atoms with Crippen molar-refractivity contribution in [3.05, 3.63) is 65.7 Å². The van der Waals surface area contributed by atoms with Gasteiger partial charge in [-0.3, -0.25) is 4.98 Å². The zero-order valence-electron chi connectivity index (χ0n) is 11.0. The first kappa shape index (κ1) is 14.6. The molecule has 106 valence electrons. The van der Waals surface area contributed by atoms with Crippen LogP contribution in [-0.4, -0.2) is 13.4 Å². The van der Waals surface area contributed by atoms with Gasteiger partial charge in [0, 0.05) is 18.4 Å². The quantitative estimate of drug-likeness (QED) is 0.921. The molecule has 0 radical (unpaired) electrons. The molecule has 0 aliphatic rings. The second-order valence-electron chi connectivity index (χ2n) is 4.51. The van der Waals surface area contributed by atoms with Gasteiger partial charge in [-0.15, -0.1) is 0 Å². The van der Waals surface area contributed by atoms with Crippen LogP contribution in [-0.2, 0) is 15.8 Å². The van der Waals surface area contributed by atoms with Gasteiger partial charge in [-0.1, -0.05) is 18.2 Å². The largest absolute Gasteiger partial charge is 0.264 e. The average molecular weight is 294 g/mol. The fraction of sp³-hybridized carbons (Fsp3) is 0.214. The molecule has 1 N–H and O–H groups in total. The van der Waals surface area contributed by atoms with Crippen LogP contribution < -0.4 is 4.72 Å². The number of hydrogen-bond donors (Lipinski definition) is 1. The van der Waals surface area contributed by atoms with Crippen molar-refractivity contribution in [1.82, 2.24) is 9.71 Å². The highest BCUT2D eigenvalue weighted by Gasteiger charge is 2.16. The van der Waals surface area contributed by atoms with Crippen molar-refractivity contribution < 1.29 is 12.8 Å². The van der Waals surface area contributed by atoms with Gasteiger partial charge in [0.15, 0.2) is 0 Å². The number of hydrogen-bond acceptors (Lipinski definition) is 3. The number of sulfonamides is 1. The third-order valence-corrected chi connectivity index (χ3v) is 4.24. The van der Waals surface area contributed by atoms with E-state index in [1.165, 1.54) is 24.3 Å². The molecule has 0 saturated heterocycles. The van der Waals surface area contributed by atoms with Crippen molar-refractivity contribution in [2.24, 2.45) is 0 Å². The summed E-state index contributed by atoms with van der Waals surface area (Å²) < 4.78 is 39.4. The number of nitrogens with one attached hydrogen (secondary N) is 1. The predicted octanol–water partition coefficient (Wildman–Crippen LogP) is 2.40. The minimum Gasteiger partial charge on any atom is -0.264 e. The van der Waals surface area contributed by atoms with E-state index in [1.807, 2.05) is 0 Å². The second kappa shape index (κ2) is 6.11. The van der Waals surface area contributed by atoms with E-state index in [-0.39, 0.29) is 17.6 Å². The Balaban J connectivity index is 2.06.